The van der Waals surface area contributed by atoms with Gasteiger partial charge in [0.2, 0.25) is 0 Å². The van der Waals surface area contributed by atoms with Gasteiger partial charge in [0.25, 0.3) is 0 Å². The second-order valence-corrected chi connectivity index (χ2v) is 4.81. The van der Waals surface area contributed by atoms with Crippen LogP contribution in [-0.2, 0) is 19.3 Å². The minimum atomic E-state index is 0.833. The number of hydrogen-bond acceptors (Lipinski definition) is 3. The van der Waals surface area contributed by atoms with Gasteiger partial charge in [-0.05, 0) is 25.5 Å². The van der Waals surface area contributed by atoms with Crippen LogP contribution in [0.4, 0.5) is 0 Å². The van der Waals surface area contributed by atoms with E-state index in [-0.39, 0.29) is 0 Å². The number of hydrogen-bond donors (Lipinski definition) is 1. The van der Waals surface area contributed by atoms with Crippen molar-refractivity contribution in [2.24, 2.45) is 0 Å². The van der Waals surface area contributed by atoms with Crippen LogP contribution in [-0.4, -0.2) is 18.1 Å². The van der Waals surface area contributed by atoms with Gasteiger partial charge in [-0.1, -0.05) is 36.8 Å². The average Bonchev–Trinajstić information content (AvgIpc) is 2.86. The molecular formula is C16H22N2O. The van der Waals surface area contributed by atoms with E-state index >= 15 is 0 Å². The van der Waals surface area contributed by atoms with Gasteiger partial charge in [-0.15, -0.1) is 0 Å². The van der Waals surface area contributed by atoms with Gasteiger partial charge in [-0.3, -0.25) is 0 Å². The summed E-state index contributed by atoms with van der Waals surface area (Å²) < 4.78 is 5.72. The first kappa shape index (κ1) is 13.8. The maximum absolute atomic E-state index is 5.72. The van der Waals surface area contributed by atoms with Crippen molar-refractivity contribution in [1.82, 2.24) is 10.3 Å². The molecule has 1 heterocycles. The maximum atomic E-state index is 5.72. The topological polar surface area (TPSA) is 38.1 Å². The summed E-state index contributed by atoms with van der Waals surface area (Å²) >= 11 is 0. The molecule has 0 fully saturated rings. The fourth-order valence-electron chi connectivity index (χ4n) is 1.97. The van der Waals surface area contributed by atoms with Gasteiger partial charge in [0.1, 0.15) is 5.76 Å². The van der Waals surface area contributed by atoms with Gasteiger partial charge in [0.05, 0.1) is 6.20 Å². The molecule has 0 radical (unpaired) electrons. The zero-order valence-electron chi connectivity index (χ0n) is 11.8. The van der Waals surface area contributed by atoms with E-state index in [2.05, 4.69) is 48.4 Å². The lowest BCUT2D eigenvalue weighted by Crippen LogP contribution is -2.16. The molecule has 2 rings (SSSR count). The largest absolute Gasteiger partial charge is 0.446 e. The molecule has 1 aromatic carbocycles. The molecule has 3 heteroatoms. The van der Waals surface area contributed by atoms with Crippen molar-refractivity contribution >= 4 is 0 Å². The monoisotopic (exact) mass is 258 g/mol. The molecule has 0 aliphatic heterocycles. The zero-order chi connectivity index (χ0) is 13.5. The van der Waals surface area contributed by atoms with Crippen LogP contribution in [0.2, 0.25) is 0 Å². The molecular weight excluding hydrogens is 236 g/mol. The molecule has 0 aliphatic rings. The normalized spacial score (nSPS) is 10.8. The van der Waals surface area contributed by atoms with E-state index in [1.807, 2.05) is 6.20 Å². The van der Waals surface area contributed by atoms with E-state index in [0.717, 1.165) is 44.0 Å². The standard InChI is InChI=1S/C16H22N2O/c1-3-17-11-10-16-18-12-15(19-16)9-8-14-6-4-13(2)5-7-14/h4-7,12,17H,3,8-11H2,1-2H3. The summed E-state index contributed by atoms with van der Waals surface area (Å²) in [6, 6.07) is 8.66. The molecule has 0 aliphatic carbocycles. The van der Waals surface area contributed by atoms with Gasteiger partial charge in [0.15, 0.2) is 5.89 Å². The molecule has 0 unspecified atom stereocenters. The van der Waals surface area contributed by atoms with Crippen LogP contribution in [0.25, 0.3) is 0 Å². The Kier molecular flexibility index (Phi) is 5.16. The van der Waals surface area contributed by atoms with Crippen LogP contribution in [0.15, 0.2) is 34.9 Å². The van der Waals surface area contributed by atoms with Crippen molar-refractivity contribution in [3.05, 3.63) is 53.2 Å². The molecule has 102 valence electrons. The van der Waals surface area contributed by atoms with Crippen LogP contribution in [0, 0.1) is 6.92 Å². The third-order valence-electron chi connectivity index (χ3n) is 3.15. The highest BCUT2D eigenvalue weighted by Crippen LogP contribution is 2.10. The second kappa shape index (κ2) is 7.10. The molecule has 1 N–H and O–H groups in total. The molecule has 0 saturated carbocycles. The summed E-state index contributed by atoms with van der Waals surface area (Å²) in [6.45, 7) is 6.12. The molecule has 0 saturated heterocycles. The second-order valence-electron chi connectivity index (χ2n) is 4.81. The van der Waals surface area contributed by atoms with Crippen molar-refractivity contribution in [3.63, 3.8) is 0 Å². The van der Waals surface area contributed by atoms with Crippen LogP contribution in [0.1, 0.15) is 29.7 Å². The van der Waals surface area contributed by atoms with E-state index in [9.17, 15) is 0 Å². The summed E-state index contributed by atoms with van der Waals surface area (Å²) in [6.07, 6.45) is 4.63. The third-order valence-corrected chi connectivity index (χ3v) is 3.15. The highest BCUT2D eigenvalue weighted by atomic mass is 16.4. The van der Waals surface area contributed by atoms with E-state index in [4.69, 9.17) is 4.42 Å². The highest BCUT2D eigenvalue weighted by molar-refractivity contribution is 5.21. The Morgan fingerprint density at radius 3 is 2.63 bits per heavy atom. The molecule has 0 atom stereocenters. The minimum absolute atomic E-state index is 0.833. The van der Waals surface area contributed by atoms with Crippen molar-refractivity contribution in [2.75, 3.05) is 13.1 Å². The fraction of sp³-hybridized carbons (Fsp3) is 0.438. The Bertz CT molecular complexity index is 488. The highest BCUT2D eigenvalue weighted by Gasteiger charge is 2.04. The predicted octanol–water partition coefficient (Wildman–Crippen LogP) is 2.92. The number of aromatic nitrogens is 1. The van der Waals surface area contributed by atoms with E-state index in [1.165, 1.54) is 11.1 Å². The van der Waals surface area contributed by atoms with Gasteiger partial charge < -0.3 is 9.73 Å². The van der Waals surface area contributed by atoms with E-state index in [1.54, 1.807) is 0 Å². The van der Waals surface area contributed by atoms with Gasteiger partial charge in [-0.25, -0.2) is 4.98 Å². The smallest absolute Gasteiger partial charge is 0.195 e. The van der Waals surface area contributed by atoms with Crippen LogP contribution < -0.4 is 5.32 Å². The summed E-state index contributed by atoms with van der Waals surface area (Å²) in [5, 5.41) is 3.27. The Morgan fingerprint density at radius 1 is 1.11 bits per heavy atom. The van der Waals surface area contributed by atoms with Gasteiger partial charge >= 0.3 is 0 Å². The van der Waals surface area contributed by atoms with Crippen LogP contribution in [0.3, 0.4) is 0 Å². The summed E-state index contributed by atoms with van der Waals surface area (Å²) in [4.78, 5) is 4.31. The summed E-state index contributed by atoms with van der Waals surface area (Å²) in [5.74, 6) is 1.81. The first-order chi connectivity index (χ1) is 9.28. The summed E-state index contributed by atoms with van der Waals surface area (Å²) in [5.41, 5.74) is 2.64. The lowest BCUT2D eigenvalue weighted by atomic mass is 10.1. The number of likely N-dealkylation sites (N-methyl/N-ethyl adjacent to an activating group) is 1. The van der Waals surface area contributed by atoms with Crippen molar-refractivity contribution < 1.29 is 4.42 Å². The number of nitrogens with one attached hydrogen (secondary N) is 1. The lowest BCUT2D eigenvalue weighted by Gasteiger charge is -2.00. The van der Waals surface area contributed by atoms with Crippen molar-refractivity contribution in [3.8, 4) is 0 Å². The van der Waals surface area contributed by atoms with Crippen molar-refractivity contribution in [1.29, 1.82) is 0 Å². The molecule has 0 spiro atoms. The van der Waals surface area contributed by atoms with Crippen molar-refractivity contribution in [2.45, 2.75) is 33.1 Å². The average molecular weight is 258 g/mol. The minimum Gasteiger partial charge on any atom is -0.446 e. The first-order valence-electron chi connectivity index (χ1n) is 6.97. The van der Waals surface area contributed by atoms with E-state index < -0.39 is 0 Å². The van der Waals surface area contributed by atoms with Crippen LogP contribution >= 0.6 is 0 Å². The first-order valence-corrected chi connectivity index (χ1v) is 6.97. The molecule has 2 aromatic rings. The molecule has 1 aromatic heterocycles. The molecule has 19 heavy (non-hydrogen) atoms. The van der Waals surface area contributed by atoms with Gasteiger partial charge in [-0.2, -0.15) is 0 Å². The number of oxazole rings is 1. The molecule has 0 bridgehead atoms. The predicted molar refractivity (Wildman–Crippen MR) is 77.3 cm³/mol. The molecule has 3 nitrogen and oxygen atoms in total. The quantitative estimate of drug-likeness (QED) is 0.776. The fourth-order valence-corrected chi connectivity index (χ4v) is 1.97. The number of aryl methyl sites for hydroxylation is 3. The third kappa shape index (κ3) is 4.52. The Morgan fingerprint density at radius 2 is 1.89 bits per heavy atom. The Hall–Kier alpha value is -1.61. The maximum Gasteiger partial charge on any atom is 0.195 e. The SMILES string of the molecule is CCNCCc1ncc(CCc2ccc(C)cc2)o1. The lowest BCUT2D eigenvalue weighted by molar-refractivity contribution is 0.449. The van der Waals surface area contributed by atoms with E-state index in [0.29, 0.717) is 0 Å². The number of nitrogens with zero attached hydrogens (tertiary/aromatic N) is 1. The van der Waals surface area contributed by atoms with Crippen LogP contribution in [0.5, 0.6) is 0 Å². The zero-order valence-corrected chi connectivity index (χ0v) is 11.8. The summed E-state index contributed by atoms with van der Waals surface area (Å²) in [7, 11) is 0. The molecule has 0 amide bonds. The number of rotatable bonds is 7. The Balaban J connectivity index is 1.81. The van der Waals surface area contributed by atoms with Gasteiger partial charge in [0, 0.05) is 19.4 Å². The number of benzene rings is 1. The Labute approximate surface area is 115 Å².